The third-order valence-electron chi connectivity index (χ3n) is 4.37. The van der Waals surface area contributed by atoms with Crippen LogP contribution in [-0.4, -0.2) is 62.3 Å². The van der Waals surface area contributed by atoms with Crippen molar-refractivity contribution < 1.29 is 4.74 Å². The van der Waals surface area contributed by atoms with Crippen LogP contribution in [0.4, 0.5) is 0 Å². The van der Waals surface area contributed by atoms with Gasteiger partial charge in [0, 0.05) is 26.2 Å². The Kier molecular flexibility index (Phi) is 4.22. The molecule has 0 amide bonds. The van der Waals surface area contributed by atoms with Crippen molar-refractivity contribution in [1.29, 1.82) is 0 Å². The highest BCUT2D eigenvalue weighted by atomic mass is 16.5. The Hall–Kier alpha value is -0.120. The Morgan fingerprint density at radius 2 is 1.75 bits per heavy atom. The summed E-state index contributed by atoms with van der Waals surface area (Å²) < 4.78 is 5.52. The summed E-state index contributed by atoms with van der Waals surface area (Å²) in [4.78, 5) is 5.15. The van der Waals surface area contributed by atoms with Crippen molar-refractivity contribution in [1.82, 2.24) is 9.80 Å². The molecule has 0 N–H and O–H groups in total. The van der Waals surface area contributed by atoms with Crippen LogP contribution in [0.15, 0.2) is 0 Å². The smallest absolute Gasteiger partial charge is 0.0621 e. The molecule has 0 saturated carbocycles. The minimum absolute atomic E-state index is 0.488. The lowest BCUT2D eigenvalue weighted by Gasteiger charge is -2.43. The van der Waals surface area contributed by atoms with E-state index < -0.39 is 0 Å². The summed E-state index contributed by atoms with van der Waals surface area (Å²) >= 11 is 0. The van der Waals surface area contributed by atoms with E-state index in [0.717, 1.165) is 6.04 Å². The molecule has 0 aliphatic carbocycles. The fourth-order valence-corrected chi connectivity index (χ4v) is 3.20. The number of hydrogen-bond donors (Lipinski definition) is 0. The van der Waals surface area contributed by atoms with Crippen molar-refractivity contribution in [2.75, 3.05) is 40.3 Å². The van der Waals surface area contributed by atoms with E-state index in [4.69, 9.17) is 4.74 Å². The minimum Gasteiger partial charge on any atom is -0.381 e. The maximum atomic E-state index is 5.52. The molecule has 0 aromatic rings. The lowest BCUT2D eigenvalue weighted by molar-refractivity contribution is -0.0199. The summed E-state index contributed by atoms with van der Waals surface area (Å²) in [5.74, 6) is 0.693. The molecule has 2 atom stereocenters. The molecule has 0 aromatic heterocycles. The first-order valence-corrected chi connectivity index (χ1v) is 6.66. The van der Waals surface area contributed by atoms with Crippen LogP contribution in [0.25, 0.3) is 0 Å². The minimum atomic E-state index is 0.488. The highest BCUT2D eigenvalue weighted by molar-refractivity contribution is 4.85. The second-order valence-corrected chi connectivity index (χ2v) is 5.57. The summed E-state index contributed by atoms with van der Waals surface area (Å²) in [6.07, 6.45) is 4.40. The lowest BCUT2D eigenvalue weighted by Crippen LogP contribution is -2.50. The summed E-state index contributed by atoms with van der Waals surface area (Å²) in [5.41, 5.74) is 0. The fraction of sp³-hybridized carbons (Fsp3) is 1.00. The second kappa shape index (κ2) is 5.48. The van der Waals surface area contributed by atoms with Crippen molar-refractivity contribution in [3.8, 4) is 0 Å². The number of nitrogens with zero attached hydrogens (tertiary/aromatic N) is 2. The molecular weight excluding hydrogens is 200 g/mol. The molecule has 2 aliphatic rings. The van der Waals surface area contributed by atoms with Gasteiger partial charge in [0.15, 0.2) is 0 Å². The predicted octanol–water partition coefficient (Wildman–Crippen LogP) is 1.44. The molecule has 0 unspecified atom stereocenters. The van der Waals surface area contributed by atoms with Crippen LogP contribution in [-0.2, 0) is 4.74 Å². The van der Waals surface area contributed by atoms with Crippen LogP contribution in [0.1, 0.15) is 26.2 Å². The Morgan fingerprint density at radius 1 is 1.06 bits per heavy atom. The van der Waals surface area contributed by atoms with E-state index in [0.29, 0.717) is 12.0 Å². The highest BCUT2D eigenvalue weighted by Gasteiger charge is 2.31. The zero-order chi connectivity index (χ0) is 11.5. The molecular formula is C13H26N2O. The quantitative estimate of drug-likeness (QED) is 0.708. The van der Waals surface area contributed by atoms with Crippen LogP contribution in [0.3, 0.4) is 0 Å². The van der Waals surface area contributed by atoms with Gasteiger partial charge in [0.05, 0.1) is 6.10 Å². The van der Waals surface area contributed by atoms with E-state index in [1.165, 1.54) is 45.4 Å². The number of ether oxygens (including phenoxy) is 1. The maximum Gasteiger partial charge on any atom is 0.0621 e. The van der Waals surface area contributed by atoms with Crippen molar-refractivity contribution in [3.05, 3.63) is 0 Å². The topological polar surface area (TPSA) is 15.7 Å². The van der Waals surface area contributed by atoms with Gasteiger partial charge in [0.1, 0.15) is 0 Å². The van der Waals surface area contributed by atoms with Gasteiger partial charge in [0.25, 0.3) is 0 Å². The number of hydrogen-bond acceptors (Lipinski definition) is 3. The predicted molar refractivity (Wildman–Crippen MR) is 66.7 cm³/mol. The van der Waals surface area contributed by atoms with E-state index in [2.05, 4.69) is 23.8 Å². The summed E-state index contributed by atoms with van der Waals surface area (Å²) in [7, 11) is 4.09. The number of likely N-dealkylation sites (tertiary alicyclic amines) is 2. The van der Waals surface area contributed by atoms with Gasteiger partial charge in [0.2, 0.25) is 0 Å². The van der Waals surface area contributed by atoms with Crippen molar-refractivity contribution in [2.24, 2.45) is 5.92 Å². The van der Waals surface area contributed by atoms with Crippen LogP contribution in [0.2, 0.25) is 0 Å². The van der Waals surface area contributed by atoms with E-state index >= 15 is 0 Å². The van der Waals surface area contributed by atoms with E-state index in [9.17, 15) is 0 Å². The fourth-order valence-electron chi connectivity index (χ4n) is 3.20. The molecule has 2 aliphatic heterocycles. The van der Waals surface area contributed by atoms with Gasteiger partial charge in [-0.25, -0.2) is 0 Å². The third-order valence-corrected chi connectivity index (χ3v) is 4.37. The molecule has 16 heavy (non-hydrogen) atoms. The molecule has 2 rings (SSSR count). The van der Waals surface area contributed by atoms with Crippen molar-refractivity contribution >= 4 is 0 Å². The number of methoxy groups -OCH3 is 1. The lowest BCUT2D eigenvalue weighted by atomic mass is 9.93. The maximum absolute atomic E-state index is 5.52. The van der Waals surface area contributed by atoms with E-state index in [1.54, 1.807) is 0 Å². The average Bonchev–Trinajstić information content (AvgIpc) is 2.30. The zero-order valence-electron chi connectivity index (χ0n) is 11.0. The summed E-state index contributed by atoms with van der Waals surface area (Å²) in [6.45, 7) is 7.33. The molecule has 0 radical (unpaired) electrons. The summed E-state index contributed by atoms with van der Waals surface area (Å²) in [6, 6.07) is 0.830. The van der Waals surface area contributed by atoms with Gasteiger partial charge in [-0.3, -0.25) is 4.90 Å². The van der Waals surface area contributed by atoms with Crippen LogP contribution in [0, 0.1) is 5.92 Å². The number of rotatable bonds is 2. The zero-order valence-corrected chi connectivity index (χ0v) is 11.0. The first kappa shape index (κ1) is 12.3. The highest BCUT2D eigenvalue weighted by Crippen LogP contribution is 2.24. The molecule has 94 valence electrons. The van der Waals surface area contributed by atoms with Gasteiger partial charge in [-0.2, -0.15) is 0 Å². The standard InChI is InChI=1S/C13H26N2O/c1-11-10-15(9-6-13(11)16-3)12-4-7-14(2)8-5-12/h11-13H,4-10H2,1-3H3/t11-,13+/m1/s1. The molecule has 3 nitrogen and oxygen atoms in total. The average molecular weight is 226 g/mol. The molecule has 0 spiro atoms. The van der Waals surface area contributed by atoms with Gasteiger partial charge < -0.3 is 9.64 Å². The Labute approximate surface area is 99.7 Å². The monoisotopic (exact) mass is 226 g/mol. The van der Waals surface area contributed by atoms with E-state index in [1.807, 2.05) is 7.11 Å². The van der Waals surface area contributed by atoms with E-state index in [-0.39, 0.29) is 0 Å². The van der Waals surface area contributed by atoms with Crippen LogP contribution < -0.4 is 0 Å². The van der Waals surface area contributed by atoms with Crippen molar-refractivity contribution in [3.63, 3.8) is 0 Å². The second-order valence-electron chi connectivity index (χ2n) is 5.57. The molecule has 0 bridgehead atoms. The Balaban J connectivity index is 1.83. The largest absolute Gasteiger partial charge is 0.381 e. The Morgan fingerprint density at radius 3 is 2.31 bits per heavy atom. The van der Waals surface area contributed by atoms with Gasteiger partial charge in [-0.05, 0) is 45.3 Å². The molecule has 2 heterocycles. The first-order chi connectivity index (χ1) is 7.70. The van der Waals surface area contributed by atoms with Crippen LogP contribution in [0.5, 0.6) is 0 Å². The molecule has 0 aromatic carbocycles. The normalized spacial score (nSPS) is 35.4. The summed E-state index contributed by atoms with van der Waals surface area (Å²) in [5, 5.41) is 0. The third kappa shape index (κ3) is 2.76. The molecule has 2 fully saturated rings. The Bertz CT molecular complexity index is 214. The van der Waals surface area contributed by atoms with Crippen LogP contribution >= 0.6 is 0 Å². The molecule has 3 heteroatoms. The number of piperidine rings is 2. The first-order valence-electron chi connectivity index (χ1n) is 6.66. The van der Waals surface area contributed by atoms with Gasteiger partial charge in [-0.15, -0.1) is 0 Å². The molecule has 2 saturated heterocycles. The SMILES string of the molecule is CO[C@H]1CCN(C2CCN(C)CC2)C[C@H]1C. The van der Waals surface area contributed by atoms with Gasteiger partial charge in [-0.1, -0.05) is 6.92 Å². The van der Waals surface area contributed by atoms with Crippen molar-refractivity contribution in [2.45, 2.75) is 38.3 Å². The van der Waals surface area contributed by atoms with Gasteiger partial charge >= 0.3 is 0 Å².